The van der Waals surface area contributed by atoms with E-state index in [0.29, 0.717) is 48.6 Å². The Morgan fingerprint density at radius 2 is 1.75 bits per heavy atom. The lowest BCUT2D eigenvalue weighted by Crippen LogP contribution is -2.47. The molecule has 1 saturated heterocycles. The molecule has 3 heterocycles. The fourth-order valence-electron chi connectivity index (χ4n) is 3.62. The molecular weight excluding hydrogens is 421 g/mol. The van der Waals surface area contributed by atoms with Gasteiger partial charge < -0.3 is 14.5 Å². The van der Waals surface area contributed by atoms with Gasteiger partial charge in [0.2, 0.25) is 5.82 Å². The summed E-state index contributed by atoms with van der Waals surface area (Å²) in [6.07, 6.45) is 1.22. The van der Waals surface area contributed by atoms with E-state index < -0.39 is 4.92 Å². The Hall–Kier alpha value is -4.35. The molecule has 0 saturated carbocycles. The van der Waals surface area contributed by atoms with Crippen LogP contribution in [0.15, 0.2) is 53.4 Å². The van der Waals surface area contributed by atoms with Gasteiger partial charge in [-0.3, -0.25) is 10.1 Å². The summed E-state index contributed by atoms with van der Waals surface area (Å²) in [6, 6.07) is 11.3. The first-order valence-corrected chi connectivity index (χ1v) is 9.74. The van der Waals surface area contributed by atoms with Gasteiger partial charge in [-0.2, -0.15) is 4.98 Å². The Kier molecular flexibility index (Phi) is 4.94. The van der Waals surface area contributed by atoms with E-state index in [1.165, 1.54) is 12.4 Å². The van der Waals surface area contributed by atoms with Crippen LogP contribution in [0.4, 0.5) is 21.6 Å². The molecule has 0 N–H and O–H groups in total. The van der Waals surface area contributed by atoms with Gasteiger partial charge in [-0.15, -0.1) is 0 Å². The number of hydrogen-bond acceptors (Lipinski definition) is 10. The molecule has 2 aromatic carbocycles. The molecule has 0 amide bonds. The van der Waals surface area contributed by atoms with E-state index in [1.54, 1.807) is 41.3 Å². The minimum atomic E-state index is -0.565. The summed E-state index contributed by atoms with van der Waals surface area (Å²) in [5.41, 5.74) is 1.14. The van der Waals surface area contributed by atoms with E-state index >= 15 is 0 Å². The molecule has 0 unspecified atom stereocenters. The minimum Gasteiger partial charge on any atom is -0.433 e. The van der Waals surface area contributed by atoms with E-state index in [4.69, 9.17) is 4.74 Å². The highest BCUT2D eigenvalue weighted by Crippen LogP contribution is 2.37. The molecule has 12 heteroatoms. The monoisotopic (exact) mass is 437 g/mol. The van der Waals surface area contributed by atoms with E-state index in [9.17, 15) is 14.5 Å². The highest BCUT2D eigenvalue weighted by Gasteiger charge is 2.31. The maximum atomic E-state index is 14.1. The second kappa shape index (κ2) is 8.06. The van der Waals surface area contributed by atoms with Crippen molar-refractivity contribution in [3.05, 3.63) is 64.7 Å². The summed E-state index contributed by atoms with van der Waals surface area (Å²) >= 11 is 0. The van der Waals surface area contributed by atoms with Crippen molar-refractivity contribution in [2.45, 2.75) is 0 Å². The first-order chi connectivity index (χ1) is 15.6. The fourth-order valence-corrected chi connectivity index (χ4v) is 3.62. The molecule has 0 radical (unpaired) electrons. The lowest BCUT2D eigenvalue weighted by atomic mass is 10.2. The predicted molar refractivity (Wildman–Crippen MR) is 111 cm³/mol. The first kappa shape index (κ1) is 19.6. The number of fused-ring (bicyclic) bond motifs is 1. The van der Waals surface area contributed by atoms with E-state index in [0.717, 1.165) is 0 Å². The van der Waals surface area contributed by atoms with Crippen LogP contribution in [0.1, 0.15) is 0 Å². The van der Waals surface area contributed by atoms with Crippen molar-refractivity contribution >= 4 is 28.2 Å². The number of halogens is 1. The van der Waals surface area contributed by atoms with Crippen molar-refractivity contribution < 1.29 is 18.7 Å². The second-order valence-electron chi connectivity index (χ2n) is 7.05. The lowest BCUT2D eigenvalue weighted by molar-refractivity contribution is -0.385. The largest absolute Gasteiger partial charge is 0.433 e. The number of hydrogen-bond donors (Lipinski definition) is 0. The van der Waals surface area contributed by atoms with Gasteiger partial charge in [-0.25, -0.2) is 14.0 Å². The number of para-hydroxylation sites is 1. The zero-order valence-corrected chi connectivity index (χ0v) is 16.6. The minimum absolute atomic E-state index is 0.150. The Morgan fingerprint density at radius 1 is 1.00 bits per heavy atom. The highest BCUT2D eigenvalue weighted by atomic mass is 19.1. The van der Waals surface area contributed by atoms with Crippen molar-refractivity contribution in [3.63, 3.8) is 0 Å². The van der Waals surface area contributed by atoms with E-state index in [2.05, 4.69) is 24.9 Å². The van der Waals surface area contributed by atoms with Gasteiger partial charge >= 0.3 is 11.6 Å². The summed E-state index contributed by atoms with van der Waals surface area (Å²) in [7, 11) is 0. The summed E-state index contributed by atoms with van der Waals surface area (Å²) in [4.78, 5) is 23.1. The maximum absolute atomic E-state index is 14.1. The number of benzene rings is 2. The van der Waals surface area contributed by atoms with Crippen LogP contribution >= 0.6 is 0 Å². The van der Waals surface area contributed by atoms with Gasteiger partial charge in [-0.1, -0.05) is 12.1 Å². The van der Waals surface area contributed by atoms with Crippen molar-refractivity contribution in [2.75, 3.05) is 36.0 Å². The van der Waals surface area contributed by atoms with Crippen molar-refractivity contribution in [3.8, 4) is 11.6 Å². The third kappa shape index (κ3) is 3.62. The van der Waals surface area contributed by atoms with Crippen LogP contribution in [-0.4, -0.2) is 51.4 Å². The first-order valence-electron chi connectivity index (χ1n) is 9.74. The molecular formula is C20H16FN7O4. The maximum Gasteiger partial charge on any atom is 0.373 e. The molecule has 0 aliphatic carbocycles. The summed E-state index contributed by atoms with van der Waals surface area (Å²) in [6.45, 7) is 1.80. The average Bonchev–Trinajstić information content (AvgIpc) is 3.27. The van der Waals surface area contributed by atoms with Crippen LogP contribution in [0, 0.1) is 15.9 Å². The molecule has 2 aromatic heterocycles. The average molecular weight is 437 g/mol. The molecule has 0 spiro atoms. The number of piperazine rings is 1. The number of nitrogens with zero attached hydrogens (tertiary/aromatic N) is 7. The quantitative estimate of drug-likeness (QED) is 0.340. The molecule has 0 bridgehead atoms. The number of nitro groups is 1. The molecule has 11 nitrogen and oxygen atoms in total. The van der Waals surface area contributed by atoms with Crippen molar-refractivity contribution in [2.24, 2.45) is 0 Å². The van der Waals surface area contributed by atoms with Gasteiger partial charge in [0.25, 0.3) is 0 Å². The zero-order chi connectivity index (χ0) is 22.1. The Labute approximate surface area is 180 Å². The Balaban J connectivity index is 1.40. The van der Waals surface area contributed by atoms with Crippen LogP contribution in [0.3, 0.4) is 0 Å². The molecule has 1 fully saturated rings. The Bertz CT molecular complexity index is 1290. The summed E-state index contributed by atoms with van der Waals surface area (Å²) < 4.78 is 24.5. The van der Waals surface area contributed by atoms with E-state index in [1.807, 2.05) is 4.90 Å². The third-order valence-corrected chi connectivity index (χ3v) is 5.16. The molecule has 1 aliphatic rings. The standard InChI is InChI=1S/C20H16FN7O4/c21-14-3-1-2-4-17(14)26-7-9-27(10-8-26)19-18(28(29)30)20(23-12-22-19)31-13-5-6-15-16(11-13)25-32-24-15/h1-6,11-12H,7-10H2. The van der Waals surface area contributed by atoms with Crippen LogP contribution in [0.25, 0.3) is 11.0 Å². The van der Waals surface area contributed by atoms with Gasteiger partial charge in [-0.05, 0) is 34.6 Å². The molecule has 1 aliphatic heterocycles. The lowest BCUT2D eigenvalue weighted by Gasteiger charge is -2.36. The Morgan fingerprint density at radius 3 is 2.53 bits per heavy atom. The molecule has 5 rings (SSSR count). The van der Waals surface area contributed by atoms with Crippen molar-refractivity contribution in [1.29, 1.82) is 0 Å². The SMILES string of the molecule is O=[N+]([O-])c1c(Oc2ccc3nonc3c2)ncnc1N1CCN(c2ccccc2F)CC1. The number of aromatic nitrogens is 4. The zero-order valence-electron chi connectivity index (χ0n) is 16.6. The van der Waals surface area contributed by atoms with Crippen LogP contribution in [0.2, 0.25) is 0 Å². The van der Waals surface area contributed by atoms with Crippen LogP contribution < -0.4 is 14.5 Å². The fraction of sp³-hybridized carbons (Fsp3) is 0.200. The van der Waals surface area contributed by atoms with Crippen molar-refractivity contribution in [1.82, 2.24) is 20.3 Å². The number of ether oxygens (including phenoxy) is 1. The second-order valence-corrected chi connectivity index (χ2v) is 7.05. The predicted octanol–water partition coefficient (Wildman–Crippen LogP) is 3.18. The molecule has 4 aromatic rings. The molecule has 32 heavy (non-hydrogen) atoms. The van der Waals surface area contributed by atoms with Crippen LogP contribution in [-0.2, 0) is 0 Å². The topological polar surface area (TPSA) is 124 Å². The van der Waals surface area contributed by atoms with Gasteiger partial charge in [0.1, 0.15) is 28.9 Å². The third-order valence-electron chi connectivity index (χ3n) is 5.16. The van der Waals surface area contributed by atoms with Crippen LogP contribution in [0.5, 0.6) is 11.6 Å². The van der Waals surface area contributed by atoms with Gasteiger partial charge in [0.15, 0.2) is 0 Å². The number of anilines is 2. The molecule has 0 atom stereocenters. The highest BCUT2D eigenvalue weighted by molar-refractivity contribution is 5.75. The van der Waals surface area contributed by atoms with Gasteiger partial charge in [0, 0.05) is 32.2 Å². The normalized spacial score (nSPS) is 14.0. The molecule has 162 valence electrons. The number of rotatable bonds is 5. The van der Waals surface area contributed by atoms with Gasteiger partial charge in [0.05, 0.1) is 10.6 Å². The summed E-state index contributed by atoms with van der Waals surface area (Å²) in [5.74, 6) is -0.0426. The van der Waals surface area contributed by atoms with E-state index in [-0.39, 0.29) is 23.2 Å². The smallest absolute Gasteiger partial charge is 0.373 e. The summed E-state index contributed by atoms with van der Waals surface area (Å²) in [5, 5.41) is 19.3.